The standard InChI is InChI=1S/C15H24ClNO5/c1-10(8-16)6-15(12(19)21-5)7-11(18)9-17(15)13(20)22-14(2,3)4/h11,18H,1,6-9H2,2-5H3/t11-,15-/m0/s1. The van der Waals surface area contributed by atoms with Crippen LogP contribution in [0.3, 0.4) is 0 Å². The first-order chi connectivity index (χ1) is 10.1. The lowest BCUT2D eigenvalue weighted by atomic mass is 9.88. The third kappa shape index (κ3) is 4.14. The summed E-state index contributed by atoms with van der Waals surface area (Å²) in [7, 11) is 1.24. The number of aliphatic hydroxyl groups excluding tert-OH is 1. The number of β-amino-alcohol motifs (C(OH)–C–C–N with tert-alkyl or cyclic N) is 1. The maximum absolute atomic E-state index is 12.4. The quantitative estimate of drug-likeness (QED) is 0.484. The van der Waals surface area contributed by atoms with Crippen LogP contribution in [-0.4, -0.2) is 58.8 Å². The Balaban J connectivity index is 3.17. The molecule has 7 heteroatoms. The number of ether oxygens (including phenoxy) is 2. The van der Waals surface area contributed by atoms with Crippen molar-refractivity contribution in [2.75, 3.05) is 19.5 Å². The summed E-state index contributed by atoms with van der Waals surface area (Å²) in [6.07, 6.45) is -1.32. The highest BCUT2D eigenvalue weighted by Gasteiger charge is 2.55. The van der Waals surface area contributed by atoms with Crippen LogP contribution in [0, 0.1) is 0 Å². The van der Waals surface area contributed by atoms with Crippen LogP contribution in [-0.2, 0) is 14.3 Å². The zero-order chi connectivity index (χ0) is 17.1. The van der Waals surface area contributed by atoms with Gasteiger partial charge in [-0.2, -0.15) is 0 Å². The van der Waals surface area contributed by atoms with Crippen LogP contribution in [0.15, 0.2) is 12.2 Å². The lowest BCUT2D eigenvalue weighted by Gasteiger charge is -2.36. The normalized spacial score (nSPS) is 25.0. The van der Waals surface area contributed by atoms with E-state index >= 15 is 0 Å². The molecule has 1 aliphatic rings. The third-order valence-electron chi connectivity index (χ3n) is 3.39. The number of rotatable bonds is 4. The molecule has 1 fully saturated rings. The van der Waals surface area contributed by atoms with E-state index < -0.39 is 29.3 Å². The van der Waals surface area contributed by atoms with Gasteiger partial charge in [-0.3, -0.25) is 4.90 Å². The van der Waals surface area contributed by atoms with Crippen molar-refractivity contribution in [1.29, 1.82) is 0 Å². The van der Waals surface area contributed by atoms with Crippen molar-refractivity contribution in [1.82, 2.24) is 4.90 Å². The minimum atomic E-state index is -1.33. The van der Waals surface area contributed by atoms with Gasteiger partial charge in [0, 0.05) is 18.7 Å². The van der Waals surface area contributed by atoms with Crippen molar-refractivity contribution in [2.45, 2.75) is 50.9 Å². The molecule has 1 saturated heterocycles. The van der Waals surface area contributed by atoms with Gasteiger partial charge >= 0.3 is 12.1 Å². The second-order valence-electron chi connectivity index (χ2n) is 6.53. The number of esters is 1. The molecule has 1 rings (SSSR count). The van der Waals surface area contributed by atoms with E-state index in [2.05, 4.69) is 6.58 Å². The lowest BCUT2D eigenvalue weighted by Crippen LogP contribution is -2.55. The molecule has 0 aromatic rings. The number of alkyl halides is 1. The Kier molecular flexibility index (Phi) is 5.87. The molecule has 0 bridgehead atoms. The van der Waals surface area contributed by atoms with E-state index in [1.165, 1.54) is 12.0 Å². The summed E-state index contributed by atoms with van der Waals surface area (Å²) in [6, 6.07) is 0. The Bertz CT molecular complexity index is 459. The van der Waals surface area contributed by atoms with Crippen molar-refractivity contribution in [2.24, 2.45) is 0 Å². The van der Waals surface area contributed by atoms with E-state index in [-0.39, 0.29) is 25.3 Å². The minimum Gasteiger partial charge on any atom is -0.467 e. The molecule has 1 N–H and O–H groups in total. The Hall–Kier alpha value is -1.27. The zero-order valence-electron chi connectivity index (χ0n) is 13.5. The van der Waals surface area contributed by atoms with Gasteiger partial charge in [0.2, 0.25) is 0 Å². The molecule has 0 unspecified atom stereocenters. The number of carbonyl (C=O) groups excluding carboxylic acids is 2. The molecule has 1 aliphatic heterocycles. The first kappa shape index (κ1) is 18.8. The molecule has 0 aromatic heterocycles. The van der Waals surface area contributed by atoms with Gasteiger partial charge in [0.05, 0.1) is 19.8 Å². The number of likely N-dealkylation sites (tertiary alicyclic amines) is 1. The smallest absolute Gasteiger partial charge is 0.411 e. The molecule has 0 aromatic carbocycles. The average Bonchev–Trinajstić information content (AvgIpc) is 2.73. The third-order valence-corrected chi connectivity index (χ3v) is 3.77. The highest BCUT2D eigenvalue weighted by Crippen LogP contribution is 2.37. The molecule has 0 aliphatic carbocycles. The highest BCUT2D eigenvalue weighted by molar-refractivity contribution is 6.19. The van der Waals surface area contributed by atoms with Gasteiger partial charge < -0.3 is 14.6 Å². The van der Waals surface area contributed by atoms with Crippen molar-refractivity contribution in [3.05, 3.63) is 12.2 Å². The summed E-state index contributed by atoms with van der Waals surface area (Å²) in [6.45, 7) is 8.98. The van der Waals surface area contributed by atoms with Crippen molar-refractivity contribution in [3.63, 3.8) is 0 Å². The molecule has 22 heavy (non-hydrogen) atoms. The highest BCUT2D eigenvalue weighted by atomic mass is 35.5. The Morgan fingerprint density at radius 1 is 1.45 bits per heavy atom. The fourth-order valence-electron chi connectivity index (χ4n) is 2.60. The van der Waals surface area contributed by atoms with Crippen molar-refractivity contribution in [3.8, 4) is 0 Å². The first-order valence-corrected chi connectivity index (χ1v) is 7.59. The molecule has 0 saturated carbocycles. The molecular formula is C15H24ClNO5. The topological polar surface area (TPSA) is 76.1 Å². The number of hydrogen-bond donors (Lipinski definition) is 1. The van der Waals surface area contributed by atoms with Crippen LogP contribution < -0.4 is 0 Å². The van der Waals surface area contributed by atoms with Gasteiger partial charge in [-0.1, -0.05) is 12.2 Å². The molecule has 0 spiro atoms. The van der Waals surface area contributed by atoms with Crippen LogP contribution in [0.25, 0.3) is 0 Å². The van der Waals surface area contributed by atoms with Crippen molar-refractivity contribution >= 4 is 23.7 Å². The van der Waals surface area contributed by atoms with Crippen LogP contribution in [0.4, 0.5) is 4.79 Å². The van der Waals surface area contributed by atoms with Crippen LogP contribution >= 0.6 is 11.6 Å². The summed E-state index contributed by atoms with van der Waals surface area (Å²) >= 11 is 5.76. The second-order valence-corrected chi connectivity index (χ2v) is 6.80. The SMILES string of the molecule is C=C(CCl)C[C@@]1(C(=O)OC)C[C@H](O)CN1C(=O)OC(C)(C)C. The Morgan fingerprint density at radius 3 is 2.50 bits per heavy atom. The van der Waals surface area contributed by atoms with Gasteiger partial charge in [-0.05, 0) is 20.8 Å². The van der Waals surface area contributed by atoms with Gasteiger partial charge in [-0.15, -0.1) is 11.6 Å². The summed E-state index contributed by atoms with van der Waals surface area (Å²) in [4.78, 5) is 26.0. The number of carbonyl (C=O) groups is 2. The molecule has 6 nitrogen and oxygen atoms in total. The number of halogens is 1. The van der Waals surface area contributed by atoms with Crippen molar-refractivity contribution < 1.29 is 24.2 Å². The van der Waals surface area contributed by atoms with Gasteiger partial charge in [0.25, 0.3) is 0 Å². The average molecular weight is 334 g/mol. The van der Waals surface area contributed by atoms with Gasteiger partial charge in [0.1, 0.15) is 11.1 Å². The predicted octanol–water partition coefficient (Wildman–Crippen LogP) is 2.08. The summed E-state index contributed by atoms with van der Waals surface area (Å²) in [5.74, 6) is -0.460. The number of aliphatic hydroxyl groups is 1. The van der Waals surface area contributed by atoms with Crippen LogP contribution in [0.1, 0.15) is 33.6 Å². The van der Waals surface area contributed by atoms with E-state index in [1.807, 2.05) is 0 Å². The molecule has 2 atom stereocenters. The molecule has 126 valence electrons. The Morgan fingerprint density at radius 2 is 2.05 bits per heavy atom. The number of methoxy groups -OCH3 is 1. The number of amides is 1. The largest absolute Gasteiger partial charge is 0.467 e. The van der Waals surface area contributed by atoms with Gasteiger partial charge in [0.15, 0.2) is 0 Å². The first-order valence-electron chi connectivity index (χ1n) is 7.05. The van der Waals surface area contributed by atoms with E-state index in [1.54, 1.807) is 20.8 Å². The fourth-order valence-corrected chi connectivity index (χ4v) is 2.69. The van der Waals surface area contributed by atoms with E-state index in [0.29, 0.717) is 5.57 Å². The monoisotopic (exact) mass is 333 g/mol. The van der Waals surface area contributed by atoms with Crippen LogP contribution in [0.5, 0.6) is 0 Å². The zero-order valence-corrected chi connectivity index (χ0v) is 14.3. The summed E-state index contributed by atoms with van der Waals surface area (Å²) in [5.41, 5.74) is -1.46. The summed E-state index contributed by atoms with van der Waals surface area (Å²) in [5, 5.41) is 9.99. The van der Waals surface area contributed by atoms with E-state index in [4.69, 9.17) is 21.1 Å². The molecule has 0 radical (unpaired) electrons. The van der Waals surface area contributed by atoms with E-state index in [9.17, 15) is 14.7 Å². The predicted molar refractivity (Wildman–Crippen MR) is 82.8 cm³/mol. The second kappa shape index (κ2) is 6.87. The maximum Gasteiger partial charge on any atom is 0.411 e. The van der Waals surface area contributed by atoms with E-state index in [0.717, 1.165) is 0 Å². The Labute approximate surface area is 136 Å². The number of hydrogen-bond acceptors (Lipinski definition) is 5. The lowest BCUT2D eigenvalue weighted by molar-refractivity contribution is -0.153. The summed E-state index contributed by atoms with van der Waals surface area (Å²) < 4.78 is 10.2. The number of nitrogens with zero attached hydrogens (tertiary/aromatic N) is 1. The van der Waals surface area contributed by atoms with Crippen LogP contribution in [0.2, 0.25) is 0 Å². The maximum atomic E-state index is 12.4. The molecule has 1 heterocycles. The fraction of sp³-hybridized carbons (Fsp3) is 0.733. The minimum absolute atomic E-state index is 0.000418. The molecular weight excluding hydrogens is 310 g/mol. The van der Waals surface area contributed by atoms with Gasteiger partial charge in [-0.25, -0.2) is 9.59 Å². The molecule has 1 amide bonds.